The Bertz CT molecular complexity index is 882. The van der Waals surface area contributed by atoms with Gasteiger partial charge in [0.2, 0.25) is 0 Å². The molecule has 3 fully saturated rings. The van der Waals surface area contributed by atoms with Gasteiger partial charge < -0.3 is 9.67 Å². The normalized spacial score (nSPS) is 23.4. The van der Waals surface area contributed by atoms with Crippen molar-refractivity contribution in [3.8, 4) is 6.07 Å². The van der Waals surface area contributed by atoms with E-state index in [4.69, 9.17) is 10.1 Å². The van der Waals surface area contributed by atoms with Crippen LogP contribution in [-0.4, -0.2) is 21.3 Å². The molecule has 0 spiro atoms. The molecule has 1 aromatic carbocycles. The van der Waals surface area contributed by atoms with Gasteiger partial charge in [0.25, 0.3) is 0 Å². The number of aliphatic hydroxyl groups is 1. The third kappa shape index (κ3) is 5.10. The third-order valence-corrected chi connectivity index (χ3v) is 6.88. The van der Waals surface area contributed by atoms with Gasteiger partial charge in [-0.15, -0.1) is 0 Å². The van der Waals surface area contributed by atoms with Crippen LogP contribution in [0.15, 0.2) is 24.3 Å². The number of aromatic nitrogens is 2. The molecule has 3 aliphatic carbocycles. The fraction of sp³-hybridized carbons (Fsp3) is 0.600. The van der Waals surface area contributed by atoms with Gasteiger partial charge in [-0.25, -0.2) is 9.37 Å². The number of rotatable bonds is 5. The van der Waals surface area contributed by atoms with Crippen molar-refractivity contribution in [2.45, 2.75) is 76.7 Å². The number of hydrogen-bond acceptors (Lipinski definition) is 3. The summed E-state index contributed by atoms with van der Waals surface area (Å²) in [7, 11) is 0. The summed E-state index contributed by atoms with van der Waals surface area (Å²) >= 11 is 0. The average Bonchev–Trinajstić information content (AvgIpc) is 3.69. The second-order valence-electron chi connectivity index (χ2n) is 9.30. The van der Waals surface area contributed by atoms with Crippen LogP contribution in [0.25, 0.3) is 0 Å². The SMILES string of the molecule is Cc1c(C#N)nc(C2CCC(c3ccc(F)cc3)CC2)n1CC1CC1.OCC1CC1. The molecule has 2 aromatic rings. The number of benzene rings is 1. The minimum Gasteiger partial charge on any atom is -0.396 e. The van der Waals surface area contributed by atoms with Crippen LogP contribution in [0.5, 0.6) is 0 Å². The van der Waals surface area contributed by atoms with E-state index in [1.54, 1.807) is 12.1 Å². The Labute approximate surface area is 178 Å². The first-order valence-electron chi connectivity index (χ1n) is 11.4. The molecule has 0 atom stereocenters. The van der Waals surface area contributed by atoms with Crippen molar-refractivity contribution in [3.63, 3.8) is 0 Å². The highest BCUT2D eigenvalue weighted by Crippen LogP contribution is 2.41. The number of imidazole rings is 1. The number of aliphatic hydroxyl groups excluding tert-OH is 1. The van der Waals surface area contributed by atoms with Crippen molar-refractivity contribution in [3.05, 3.63) is 52.9 Å². The van der Waals surface area contributed by atoms with Gasteiger partial charge in [0.15, 0.2) is 5.69 Å². The molecule has 0 unspecified atom stereocenters. The Morgan fingerprint density at radius 3 is 2.10 bits per heavy atom. The molecule has 30 heavy (non-hydrogen) atoms. The molecule has 1 N–H and O–H groups in total. The standard InChI is InChI=1S/C21H24FN3.C4H8O/c1-14-20(12-23)24-21(25(14)13-15-2-3-15)18-6-4-16(5-7-18)17-8-10-19(22)11-9-17;5-3-4-1-2-4/h8-11,15-16,18H,2-7,13H2,1H3;4-5H,1-3H2. The maximum atomic E-state index is 13.1. The largest absolute Gasteiger partial charge is 0.396 e. The molecular formula is C25H32FN3O. The van der Waals surface area contributed by atoms with Crippen molar-refractivity contribution in [2.24, 2.45) is 11.8 Å². The first-order chi connectivity index (χ1) is 14.6. The van der Waals surface area contributed by atoms with E-state index >= 15 is 0 Å². The Morgan fingerprint density at radius 1 is 1.00 bits per heavy atom. The van der Waals surface area contributed by atoms with E-state index in [2.05, 4.69) is 10.6 Å². The molecule has 1 heterocycles. The first-order valence-corrected chi connectivity index (χ1v) is 11.4. The molecule has 0 saturated heterocycles. The lowest BCUT2D eigenvalue weighted by Gasteiger charge is -2.29. The molecule has 3 aliphatic rings. The molecule has 0 radical (unpaired) electrons. The number of nitrogens with zero attached hydrogens (tertiary/aromatic N) is 3. The van der Waals surface area contributed by atoms with Crippen LogP contribution in [0.4, 0.5) is 4.39 Å². The van der Waals surface area contributed by atoms with E-state index < -0.39 is 0 Å². The highest BCUT2D eigenvalue weighted by molar-refractivity contribution is 5.30. The molecule has 4 nitrogen and oxygen atoms in total. The quantitative estimate of drug-likeness (QED) is 0.715. The van der Waals surface area contributed by atoms with E-state index in [9.17, 15) is 9.65 Å². The predicted octanol–water partition coefficient (Wildman–Crippen LogP) is 5.44. The number of halogens is 1. The molecule has 3 saturated carbocycles. The fourth-order valence-electron chi connectivity index (χ4n) is 4.48. The summed E-state index contributed by atoms with van der Waals surface area (Å²) in [4.78, 5) is 4.69. The zero-order chi connectivity index (χ0) is 21.1. The average molecular weight is 410 g/mol. The van der Waals surface area contributed by atoms with Gasteiger partial charge in [-0.3, -0.25) is 0 Å². The van der Waals surface area contributed by atoms with Gasteiger partial charge in [-0.2, -0.15) is 5.26 Å². The van der Waals surface area contributed by atoms with Gasteiger partial charge in [-0.05, 0) is 93.7 Å². The van der Waals surface area contributed by atoms with Crippen LogP contribution in [0.3, 0.4) is 0 Å². The molecule has 5 rings (SSSR count). The summed E-state index contributed by atoms with van der Waals surface area (Å²) in [5, 5.41) is 17.6. The van der Waals surface area contributed by atoms with Crippen molar-refractivity contribution >= 4 is 0 Å². The van der Waals surface area contributed by atoms with Crippen LogP contribution < -0.4 is 0 Å². The molecule has 0 aliphatic heterocycles. The van der Waals surface area contributed by atoms with Gasteiger partial charge in [0.1, 0.15) is 17.7 Å². The van der Waals surface area contributed by atoms with Gasteiger partial charge in [0.05, 0.1) is 5.69 Å². The minimum atomic E-state index is -0.168. The predicted molar refractivity (Wildman–Crippen MR) is 115 cm³/mol. The van der Waals surface area contributed by atoms with E-state index in [0.717, 1.165) is 49.7 Å². The highest BCUT2D eigenvalue weighted by atomic mass is 19.1. The molecule has 160 valence electrons. The van der Waals surface area contributed by atoms with Crippen LogP contribution in [-0.2, 0) is 6.54 Å². The smallest absolute Gasteiger partial charge is 0.161 e. The van der Waals surface area contributed by atoms with Crippen molar-refractivity contribution in [2.75, 3.05) is 6.61 Å². The molecular weight excluding hydrogens is 377 g/mol. The highest BCUT2D eigenvalue weighted by Gasteiger charge is 2.30. The number of hydrogen-bond donors (Lipinski definition) is 1. The summed E-state index contributed by atoms with van der Waals surface area (Å²) in [6, 6.07) is 9.23. The molecule has 5 heteroatoms. The summed E-state index contributed by atoms with van der Waals surface area (Å²) in [5.74, 6) is 3.37. The molecule has 0 bridgehead atoms. The molecule has 1 aromatic heterocycles. The summed E-state index contributed by atoms with van der Waals surface area (Å²) in [5.41, 5.74) is 2.87. The lowest BCUT2D eigenvalue weighted by Crippen LogP contribution is -2.17. The van der Waals surface area contributed by atoms with E-state index in [-0.39, 0.29) is 5.82 Å². The van der Waals surface area contributed by atoms with Crippen LogP contribution in [0, 0.1) is 35.9 Å². The number of nitriles is 1. The van der Waals surface area contributed by atoms with E-state index in [1.165, 1.54) is 31.2 Å². The second kappa shape index (κ2) is 9.31. The summed E-state index contributed by atoms with van der Waals surface area (Å²) in [6.07, 6.45) is 9.52. The van der Waals surface area contributed by atoms with Gasteiger partial charge in [0, 0.05) is 19.1 Å². The van der Waals surface area contributed by atoms with Crippen LogP contribution >= 0.6 is 0 Å². The van der Waals surface area contributed by atoms with Crippen molar-refractivity contribution in [1.82, 2.24) is 9.55 Å². The van der Waals surface area contributed by atoms with Crippen LogP contribution in [0.1, 0.15) is 86.0 Å². The second-order valence-corrected chi connectivity index (χ2v) is 9.30. The molecule has 0 amide bonds. The maximum absolute atomic E-state index is 13.1. The van der Waals surface area contributed by atoms with E-state index in [0.29, 0.717) is 30.1 Å². The van der Waals surface area contributed by atoms with E-state index in [1.807, 2.05) is 19.1 Å². The van der Waals surface area contributed by atoms with Crippen molar-refractivity contribution < 1.29 is 9.50 Å². The van der Waals surface area contributed by atoms with Gasteiger partial charge >= 0.3 is 0 Å². The Morgan fingerprint density at radius 2 is 1.60 bits per heavy atom. The zero-order valence-electron chi connectivity index (χ0n) is 17.9. The Balaban J connectivity index is 0.000000383. The lowest BCUT2D eigenvalue weighted by molar-refractivity contribution is 0.277. The minimum absolute atomic E-state index is 0.168. The van der Waals surface area contributed by atoms with Gasteiger partial charge in [-0.1, -0.05) is 12.1 Å². The fourth-order valence-corrected chi connectivity index (χ4v) is 4.48. The zero-order valence-corrected chi connectivity index (χ0v) is 17.9. The topological polar surface area (TPSA) is 61.8 Å². The summed E-state index contributed by atoms with van der Waals surface area (Å²) < 4.78 is 15.4. The van der Waals surface area contributed by atoms with Crippen LogP contribution in [0.2, 0.25) is 0 Å². The summed E-state index contributed by atoms with van der Waals surface area (Å²) in [6.45, 7) is 3.47. The Kier molecular flexibility index (Phi) is 6.53. The maximum Gasteiger partial charge on any atom is 0.161 e. The lowest BCUT2D eigenvalue weighted by atomic mass is 9.78. The first kappa shape index (κ1) is 21.1. The van der Waals surface area contributed by atoms with Crippen molar-refractivity contribution in [1.29, 1.82) is 5.26 Å². The monoisotopic (exact) mass is 409 g/mol. The Hall–Kier alpha value is -2.19. The third-order valence-electron chi connectivity index (χ3n) is 6.88.